The van der Waals surface area contributed by atoms with Gasteiger partial charge in [-0.05, 0) is 24.7 Å². The zero-order valence-corrected chi connectivity index (χ0v) is 9.58. The number of hydrogen-bond donors (Lipinski definition) is 1. The minimum Gasteiger partial charge on any atom is -0.384 e. The van der Waals surface area contributed by atoms with Gasteiger partial charge in [-0.3, -0.25) is 0 Å². The SMILES string of the molecule is COCC(C)CNC(COC)C1CC1. The summed E-state index contributed by atoms with van der Waals surface area (Å²) in [5.41, 5.74) is 0. The van der Waals surface area contributed by atoms with E-state index in [1.54, 1.807) is 14.2 Å². The molecule has 1 saturated carbocycles. The summed E-state index contributed by atoms with van der Waals surface area (Å²) in [6.45, 7) is 4.90. The van der Waals surface area contributed by atoms with Crippen LogP contribution in [-0.4, -0.2) is 40.0 Å². The molecule has 1 rings (SSSR count). The second-order valence-electron chi connectivity index (χ2n) is 4.37. The van der Waals surface area contributed by atoms with Crippen molar-refractivity contribution in [3.8, 4) is 0 Å². The van der Waals surface area contributed by atoms with Crippen LogP contribution in [0.4, 0.5) is 0 Å². The van der Waals surface area contributed by atoms with Gasteiger partial charge < -0.3 is 14.8 Å². The van der Waals surface area contributed by atoms with Crippen molar-refractivity contribution in [1.82, 2.24) is 5.32 Å². The summed E-state index contributed by atoms with van der Waals surface area (Å²) in [6, 6.07) is 0.555. The largest absolute Gasteiger partial charge is 0.384 e. The quantitative estimate of drug-likeness (QED) is 0.642. The average molecular weight is 201 g/mol. The van der Waals surface area contributed by atoms with Gasteiger partial charge in [-0.2, -0.15) is 0 Å². The van der Waals surface area contributed by atoms with Crippen LogP contribution in [0.15, 0.2) is 0 Å². The van der Waals surface area contributed by atoms with Gasteiger partial charge in [0.1, 0.15) is 0 Å². The van der Waals surface area contributed by atoms with Crippen molar-refractivity contribution in [2.45, 2.75) is 25.8 Å². The van der Waals surface area contributed by atoms with E-state index in [-0.39, 0.29) is 0 Å². The molecule has 1 aliphatic rings. The fourth-order valence-corrected chi connectivity index (χ4v) is 1.74. The van der Waals surface area contributed by atoms with E-state index in [2.05, 4.69) is 12.2 Å². The molecule has 0 aliphatic heterocycles. The third-order valence-electron chi connectivity index (χ3n) is 2.72. The van der Waals surface area contributed by atoms with E-state index >= 15 is 0 Å². The Morgan fingerprint density at radius 1 is 1.21 bits per heavy atom. The minimum absolute atomic E-state index is 0.555. The van der Waals surface area contributed by atoms with Crippen molar-refractivity contribution in [3.63, 3.8) is 0 Å². The summed E-state index contributed by atoms with van der Waals surface area (Å²) >= 11 is 0. The highest BCUT2D eigenvalue weighted by molar-refractivity contribution is 4.86. The molecule has 84 valence electrons. The maximum atomic E-state index is 5.20. The molecule has 2 atom stereocenters. The molecule has 0 saturated heterocycles. The number of hydrogen-bond acceptors (Lipinski definition) is 3. The molecular weight excluding hydrogens is 178 g/mol. The highest BCUT2D eigenvalue weighted by Crippen LogP contribution is 2.32. The van der Waals surface area contributed by atoms with Crippen molar-refractivity contribution in [1.29, 1.82) is 0 Å². The normalized spacial score (nSPS) is 20.8. The molecule has 0 aromatic carbocycles. The third-order valence-corrected chi connectivity index (χ3v) is 2.72. The van der Waals surface area contributed by atoms with Gasteiger partial charge in [0.2, 0.25) is 0 Å². The Morgan fingerprint density at radius 3 is 2.36 bits per heavy atom. The number of rotatable bonds is 8. The molecule has 2 unspecified atom stereocenters. The van der Waals surface area contributed by atoms with E-state index < -0.39 is 0 Å². The van der Waals surface area contributed by atoms with Crippen LogP contribution in [0.25, 0.3) is 0 Å². The first-order valence-electron chi connectivity index (χ1n) is 5.49. The first-order valence-corrected chi connectivity index (χ1v) is 5.49. The molecule has 1 fully saturated rings. The molecule has 0 bridgehead atoms. The highest BCUT2D eigenvalue weighted by atomic mass is 16.5. The van der Waals surface area contributed by atoms with E-state index in [0.29, 0.717) is 12.0 Å². The molecule has 0 radical (unpaired) electrons. The van der Waals surface area contributed by atoms with Crippen LogP contribution in [0.2, 0.25) is 0 Å². The van der Waals surface area contributed by atoms with Gasteiger partial charge >= 0.3 is 0 Å². The Kier molecular flexibility index (Phi) is 5.45. The Hall–Kier alpha value is -0.120. The number of ether oxygens (including phenoxy) is 2. The van der Waals surface area contributed by atoms with Crippen LogP contribution in [0.5, 0.6) is 0 Å². The van der Waals surface area contributed by atoms with E-state index in [9.17, 15) is 0 Å². The third kappa shape index (κ3) is 4.40. The predicted molar refractivity (Wildman–Crippen MR) is 57.4 cm³/mol. The predicted octanol–water partition coefficient (Wildman–Crippen LogP) is 1.28. The monoisotopic (exact) mass is 201 g/mol. The van der Waals surface area contributed by atoms with Gasteiger partial charge in [-0.1, -0.05) is 6.92 Å². The molecule has 3 nitrogen and oxygen atoms in total. The second-order valence-corrected chi connectivity index (χ2v) is 4.37. The van der Waals surface area contributed by atoms with Crippen molar-refractivity contribution in [2.75, 3.05) is 34.0 Å². The first kappa shape index (κ1) is 12.0. The summed E-state index contributed by atoms with van der Waals surface area (Å²) in [5, 5.41) is 3.56. The van der Waals surface area contributed by atoms with Crippen molar-refractivity contribution in [2.24, 2.45) is 11.8 Å². The second kappa shape index (κ2) is 6.38. The molecule has 1 N–H and O–H groups in total. The molecule has 0 amide bonds. The van der Waals surface area contributed by atoms with Gasteiger partial charge in [-0.25, -0.2) is 0 Å². The zero-order chi connectivity index (χ0) is 10.4. The van der Waals surface area contributed by atoms with Gasteiger partial charge in [0.05, 0.1) is 6.61 Å². The lowest BCUT2D eigenvalue weighted by molar-refractivity contribution is 0.137. The standard InChI is InChI=1S/C11H23NO2/c1-9(7-13-2)6-12-11(8-14-3)10-4-5-10/h9-12H,4-8H2,1-3H3. The molecule has 14 heavy (non-hydrogen) atoms. The molecule has 0 heterocycles. The van der Waals surface area contributed by atoms with Crippen LogP contribution in [0.1, 0.15) is 19.8 Å². The van der Waals surface area contributed by atoms with E-state index in [0.717, 1.165) is 25.7 Å². The van der Waals surface area contributed by atoms with Crippen molar-refractivity contribution < 1.29 is 9.47 Å². The topological polar surface area (TPSA) is 30.5 Å². The Labute approximate surface area is 87.2 Å². The van der Waals surface area contributed by atoms with E-state index in [4.69, 9.17) is 9.47 Å². The maximum Gasteiger partial charge on any atom is 0.0618 e. The van der Waals surface area contributed by atoms with Gasteiger partial charge in [0.15, 0.2) is 0 Å². The highest BCUT2D eigenvalue weighted by Gasteiger charge is 2.30. The lowest BCUT2D eigenvalue weighted by atomic mass is 10.1. The van der Waals surface area contributed by atoms with Crippen LogP contribution in [0.3, 0.4) is 0 Å². The van der Waals surface area contributed by atoms with Crippen LogP contribution >= 0.6 is 0 Å². The summed E-state index contributed by atoms with van der Waals surface area (Å²) < 4.78 is 10.3. The van der Waals surface area contributed by atoms with Crippen LogP contribution in [-0.2, 0) is 9.47 Å². The first-order chi connectivity index (χ1) is 6.77. The summed E-state index contributed by atoms with van der Waals surface area (Å²) in [4.78, 5) is 0. The minimum atomic E-state index is 0.555. The van der Waals surface area contributed by atoms with Crippen molar-refractivity contribution in [3.05, 3.63) is 0 Å². The fourth-order valence-electron chi connectivity index (χ4n) is 1.74. The zero-order valence-electron chi connectivity index (χ0n) is 9.58. The number of methoxy groups -OCH3 is 2. The van der Waals surface area contributed by atoms with E-state index in [1.165, 1.54) is 12.8 Å². The van der Waals surface area contributed by atoms with Crippen molar-refractivity contribution >= 4 is 0 Å². The molecule has 1 aliphatic carbocycles. The van der Waals surface area contributed by atoms with Crippen LogP contribution in [0, 0.1) is 11.8 Å². The van der Waals surface area contributed by atoms with Gasteiger partial charge in [-0.15, -0.1) is 0 Å². The van der Waals surface area contributed by atoms with Crippen LogP contribution < -0.4 is 5.32 Å². The number of nitrogens with one attached hydrogen (secondary N) is 1. The Morgan fingerprint density at radius 2 is 1.86 bits per heavy atom. The Bertz CT molecular complexity index is 148. The smallest absolute Gasteiger partial charge is 0.0618 e. The molecule has 3 heteroatoms. The molecule has 0 aromatic heterocycles. The lowest BCUT2D eigenvalue weighted by Gasteiger charge is -2.19. The molecule has 0 aromatic rings. The lowest BCUT2D eigenvalue weighted by Crippen LogP contribution is -2.38. The van der Waals surface area contributed by atoms with Gasteiger partial charge in [0.25, 0.3) is 0 Å². The maximum absolute atomic E-state index is 5.20. The molecule has 0 spiro atoms. The summed E-state index contributed by atoms with van der Waals surface area (Å²) in [6.07, 6.45) is 2.72. The Balaban J connectivity index is 2.12. The molecular formula is C11H23NO2. The summed E-state index contributed by atoms with van der Waals surface area (Å²) in [7, 11) is 3.53. The average Bonchev–Trinajstić information content (AvgIpc) is 2.96. The van der Waals surface area contributed by atoms with Gasteiger partial charge in [0, 0.05) is 33.4 Å². The fraction of sp³-hybridized carbons (Fsp3) is 1.00. The van der Waals surface area contributed by atoms with E-state index in [1.807, 2.05) is 0 Å². The summed E-state index contributed by atoms with van der Waals surface area (Å²) in [5.74, 6) is 1.43.